The molecule has 5 nitrogen and oxygen atoms in total. The predicted molar refractivity (Wildman–Crippen MR) is 104 cm³/mol. The van der Waals surface area contributed by atoms with Gasteiger partial charge < -0.3 is 14.8 Å². The first-order valence-corrected chi connectivity index (χ1v) is 9.05. The summed E-state index contributed by atoms with van der Waals surface area (Å²) in [6.45, 7) is 5.63. The average Bonchev–Trinajstić information content (AvgIpc) is 2.60. The van der Waals surface area contributed by atoms with Gasteiger partial charge in [0.25, 0.3) is 0 Å². The Labute approximate surface area is 160 Å². The van der Waals surface area contributed by atoms with Crippen molar-refractivity contribution in [2.75, 3.05) is 0 Å². The molecule has 0 saturated carbocycles. The Balaban J connectivity index is 1.95. The van der Waals surface area contributed by atoms with Gasteiger partial charge in [0.1, 0.15) is 12.2 Å². The highest BCUT2D eigenvalue weighted by atomic mass is 16.6. The van der Waals surface area contributed by atoms with Crippen molar-refractivity contribution in [1.82, 2.24) is 5.32 Å². The fourth-order valence-electron chi connectivity index (χ4n) is 2.59. The highest BCUT2D eigenvalue weighted by molar-refractivity contribution is 5.73. The predicted octanol–water partition coefficient (Wildman–Crippen LogP) is 4.26. The zero-order chi connectivity index (χ0) is 19.7. The fourth-order valence-corrected chi connectivity index (χ4v) is 2.59. The molecule has 5 heteroatoms. The Hall–Kier alpha value is -2.82. The van der Waals surface area contributed by atoms with Crippen molar-refractivity contribution >= 4 is 12.1 Å². The topological polar surface area (TPSA) is 64.6 Å². The lowest BCUT2D eigenvalue weighted by atomic mass is 10.0. The van der Waals surface area contributed by atoms with Crippen LogP contribution in [-0.4, -0.2) is 23.7 Å². The number of ether oxygens (including phenoxy) is 2. The van der Waals surface area contributed by atoms with Crippen LogP contribution in [-0.2, 0) is 27.3 Å². The lowest BCUT2D eigenvalue weighted by Crippen LogP contribution is -2.39. The molecule has 0 aliphatic rings. The van der Waals surface area contributed by atoms with Gasteiger partial charge in [-0.25, -0.2) is 4.79 Å². The molecule has 2 rings (SSSR count). The highest BCUT2D eigenvalue weighted by Crippen LogP contribution is 2.12. The molecule has 0 spiro atoms. The first kappa shape index (κ1) is 20.5. The molecule has 0 bridgehead atoms. The molecule has 0 aliphatic heterocycles. The number of carbonyl (C=O) groups is 2. The van der Waals surface area contributed by atoms with Crippen molar-refractivity contribution in [3.05, 3.63) is 71.8 Å². The van der Waals surface area contributed by atoms with E-state index >= 15 is 0 Å². The quantitative estimate of drug-likeness (QED) is 0.741. The van der Waals surface area contributed by atoms with Crippen molar-refractivity contribution < 1.29 is 19.1 Å². The van der Waals surface area contributed by atoms with E-state index in [2.05, 4.69) is 5.32 Å². The van der Waals surface area contributed by atoms with Gasteiger partial charge in [0, 0.05) is 6.04 Å². The number of benzene rings is 2. The summed E-state index contributed by atoms with van der Waals surface area (Å²) in [5.74, 6) is -0.355. The van der Waals surface area contributed by atoms with Gasteiger partial charge in [0.2, 0.25) is 0 Å². The Bertz CT molecular complexity index is 723. The molecule has 1 atom stereocenters. The van der Waals surface area contributed by atoms with Crippen LogP contribution >= 0.6 is 0 Å². The van der Waals surface area contributed by atoms with E-state index in [4.69, 9.17) is 9.47 Å². The van der Waals surface area contributed by atoms with Gasteiger partial charge in [-0.05, 0) is 38.3 Å². The van der Waals surface area contributed by atoms with Crippen LogP contribution in [0.25, 0.3) is 0 Å². The number of carbonyl (C=O) groups excluding carboxylic acids is 2. The standard InChI is InChI=1S/C22H27NO4/c1-22(2,3)27-20(24)15-19(14-17-10-6-4-7-11-17)23-21(25)26-16-18-12-8-5-9-13-18/h4-13,19H,14-16H2,1-3H3,(H,23,25). The van der Waals surface area contributed by atoms with E-state index in [1.807, 2.05) is 81.4 Å². The Kier molecular flexibility index (Phi) is 7.41. The Morgan fingerprint density at radius 2 is 1.48 bits per heavy atom. The number of nitrogens with one attached hydrogen (secondary N) is 1. The van der Waals surface area contributed by atoms with Crippen LogP contribution in [0.2, 0.25) is 0 Å². The summed E-state index contributed by atoms with van der Waals surface area (Å²) in [4.78, 5) is 24.4. The van der Waals surface area contributed by atoms with Gasteiger partial charge in [-0.1, -0.05) is 60.7 Å². The maximum absolute atomic E-state index is 12.2. The van der Waals surface area contributed by atoms with Crippen LogP contribution in [0.15, 0.2) is 60.7 Å². The number of amides is 1. The van der Waals surface area contributed by atoms with Crippen LogP contribution in [0.3, 0.4) is 0 Å². The highest BCUT2D eigenvalue weighted by Gasteiger charge is 2.22. The minimum atomic E-state index is -0.567. The average molecular weight is 369 g/mol. The molecule has 2 aromatic carbocycles. The van der Waals surface area contributed by atoms with Crippen molar-refractivity contribution in [2.45, 2.75) is 51.9 Å². The second kappa shape index (κ2) is 9.76. The minimum absolute atomic E-state index is 0.0760. The molecule has 27 heavy (non-hydrogen) atoms. The number of hydrogen-bond donors (Lipinski definition) is 1. The third-order valence-electron chi connectivity index (χ3n) is 3.69. The van der Waals surface area contributed by atoms with Crippen molar-refractivity contribution in [2.24, 2.45) is 0 Å². The third-order valence-corrected chi connectivity index (χ3v) is 3.69. The molecular weight excluding hydrogens is 342 g/mol. The third kappa shape index (κ3) is 8.40. The van der Waals surface area contributed by atoms with Gasteiger partial charge in [-0.15, -0.1) is 0 Å². The molecule has 2 aromatic rings. The minimum Gasteiger partial charge on any atom is -0.460 e. The largest absolute Gasteiger partial charge is 0.460 e. The molecule has 0 aromatic heterocycles. The number of alkyl carbamates (subject to hydrolysis) is 1. The van der Waals surface area contributed by atoms with Crippen LogP contribution in [0.4, 0.5) is 4.79 Å². The zero-order valence-corrected chi connectivity index (χ0v) is 16.1. The molecule has 144 valence electrons. The lowest BCUT2D eigenvalue weighted by Gasteiger charge is -2.23. The first-order chi connectivity index (χ1) is 12.8. The SMILES string of the molecule is CC(C)(C)OC(=O)CC(Cc1ccccc1)NC(=O)OCc1ccccc1. The monoisotopic (exact) mass is 369 g/mol. The number of hydrogen-bond acceptors (Lipinski definition) is 4. The van der Waals surface area contributed by atoms with Crippen molar-refractivity contribution in [3.63, 3.8) is 0 Å². The first-order valence-electron chi connectivity index (χ1n) is 9.05. The number of esters is 1. The van der Waals surface area contributed by atoms with Gasteiger partial charge in [-0.2, -0.15) is 0 Å². The molecule has 1 N–H and O–H groups in total. The normalized spacial score (nSPS) is 12.1. The van der Waals surface area contributed by atoms with E-state index in [-0.39, 0.29) is 19.0 Å². The van der Waals surface area contributed by atoms with Gasteiger partial charge in [0.05, 0.1) is 6.42 Å². The summed E-state index contributed by atoms with van der Waals surface area (Å²) in [6.07, 6.45) is 0.0379. The van der Waals surface area contributed by atoms with E-state index in [0.29, 0.717) is 6.42 Å². The summed E-state index contributed by atoms with van der Waals surface area (Å²) in [5, 5.41) is 2.79. The van der Waals surface area contributed by atoms with Gasteiger partial charge in [-0.3, -0.25) is 4.79 Å². The zero-order valence-electron chi connectivity index (χ0n) is 16.1. The van der Waals surface area contributed by atoms with Crippen LogP contribution < -0.4 is 5.32 Å². The summed E-state index contributed by atoms with van der Waals surface area (Å²) in [7, 11) is 0. The van der Waals surface area contributed by atoms with Gasteiger partial charge in [0.15, 0.2) is 0 Å². The lowest BCUT2D eigenvalue weighted by molar-refractivity contribution is -0.155. The van der Waals surface area contributed by atoms with Crippen LogP contribution in [0.5, 0.6) is 0 Å². The van der Waals surface area contributed by atoms with Crippen LogP contribution in [0, 0.1) is 0 Å². The molecule has 1 unspecified atom stereocenters. The summed E-state index contributed by atoms with van der Waals surface area (Å²) in [5.41, 5.74) is 1.36. The number of rotatable bonds is 7. The molecule has 0 fully saturated rings. The Morgan fingerprint density at radius 1 is 0.926 bits per heavy atom. The molecule has 0 heterocycles. The molecule has 0 aliphatic carbocycles. The van der Waals surface area contributed by atoms with E-state index in [0.717, 1.165) is 11.1 Å². The molecule has 0 radical (unpaired) electrons. The summed E-state index contributed by atoms with van der Waals surface area (Å²) < 4.78 is 10.7. The molecule has 1 amide bonds. The van der Waals surface area contributed by atoms with E-state index in [1.165, 1.54) is 0 Å². The second-order valence-corrected chi connectivity index (χ2v) is 7.38. The fraction of sp³-hybridized carbons (Fsp3) is 0.364. The Morgan fingerprint density at radius 3 is 2.04 bits per heavy atom. The van der Waals surface area contributed by atoms with Gasteiger partial charge >= 0.3 is 12.1 Å². The maximum Gasteiger partial charge on any atom is 0.407 e. The van der Waals surface area contributed by atoms with E-state index < -0.39 is 17.7 Å². The second-order valence-electron chi connectivity index (χ2n) is 7.38. The summed E-state index contributed by atoms with van der Waals surface area (Å²) in [6, 6.07) is 18.7. The summed E-state index contributed by atoms with van der Waals surface area (Å²) >= 11 is 0. The van der Waals surface area contributed by atoms with Crippen molar-refractivity contribution in [1.29, 1.82) is 0 Å². The van der Waals surface area contributed by atoms with E-state index in [9.17, 15) is 9.59 Å². The van der Waals surface area contributed by atoms with E-state index in [1.54, 1.807) is 0 Å². The van der Waals surface area contributed by atoms with Crippen molar-refractivity contribution in [3.8, 4) is 0 Å². The molecule has 0 saturated heterocycles. The molecular formula is C22H27NO4. The smallest absolute Gasteiger partial charge is 0.407 e. The van der Waals surface area contributed by atoms with Crippen LogP contribution in [0.1, 0.15) is 38.3 Å². The maximum atomic E-state index is 12.2.